The molecule has 0 atom stereocenters. The predicted molar refractivity (Wildman–Crippen MR) is 90.5 cm³/mol. The highest BCUT2D eigenvalue weighted by Crippen LogP contribution is 2.19. The Morgan fingerprint density at radius 3 is 2.82 bits per heavy atom. The van der Waals surface area contributed by atoms with Crippen LogP contribution >= 0.6 is 15.9 Å². The van der Waals surface area contributed by atoms with E-state index < -0.39 is 0 Å². The average molecular weight is 358 g/mol. The van der Waals surface area contributed by atoms with E-state index in [1.807, 2.05) is 30.3 Å². The summed E-state index contributed by atoms with van der Waals surface area (Å²) in [5.41, 5.74) is 3.20. The molecule has 22 heavy (non-hydrogen) atoms. The first kappa shape index (κ1) is 14.8. The molecule has 1 heterocycles. The highest BCUT2D eigenvalue weighted by molar-refractivity contribution is 9.10. The molecule has 0 aliphatic heterocycles. The van der Waals surface area contributed by atoms with Gasteiger partial charge in [-0.3, -0.25) is 4.79 Å². The molecule has 3 aromatic rings. The minimum Gasteiger partial charge on any atom is -0.349 e. The smallest absolute Gasteiger partial charge is 0.217 e. The fourth-order valence-corrected chi connectivity index (χ4v) is 2.90. The van der Waals surface area contributed by atoms with Crippen molar-refractivity contribution in [2.75, 3.05) is 0 Å². The molecule has 0 saturated heterocycles. The molecule has 1 aromatic heterocycles. The maximum absolute atomic E-state index is 11.2. The number of rotatable bonds is 4. The van der Waals surface area contributed by atoms with Crippen molar-refractivity contribution in [1.29, 1.82) is 0 Å². The summed E-state index contributed by atoms with van der Waals surface area (Å²) in [5, 5.41) is 2.83. The fourth-order valence-electron chi connectivity index (χ4n) is 2.46. The summed E-state index contributed by atoms with van der Waals surface area (Å²) >= 11 is 3.50. The van der Waals surface area contributed by atoms with Crippen LogP contribution in [0.25, 0.3) is 11.0 Å². The Hall–Kier alpha value is -2.14. The van der Waals surface area contributed by atoms with Crippen molar-refractivity contribution >= 4 is 32.9 Å². The Balaban J connectivity index is 2.01. The summed E-state index contributed by atoms with van der Waals surface area (Å²) in [5.74, 6) is 0.803. The van der Waals surface area contributed by atoms with Crippen LogP contribution in [0, 0.1) is 0 Å². The number of hydrogen-bond donors (Lipinski definition) is 1. The van der Waals surface area contributed by atoms with Crippen LogP contribution in [0.4, 0.5) is 0 Å². The van der Waals surface area contributed by atoms with E-state index in [0.29, 0.717) is 6.54 Å². The number of halogens is 1. The van der Waals surface area contributed by atoms with Crippen molar-refractivity contribution in [3.63, 3.8) is 0 Å². The molecule has 0 unspecified atom stereocenters. The monoisotopic (exact) mass is 357 g/mol. The number of hydrogen-bond acceptors (Lipinski definition) is 2. The van der Waals surface area contributed by atoms with Gasteiger partial charge in [0, 0.05) is 17.9 Å². The summed E-state index contributed by atoms with van der Waals surface area (Å²) < 4.78 is 3.20. The maximum atomic E-state index is 11.2. The van der Waals surface area contributed by atoms with E-state index >= 15 is 0 Å². The molecule has 0 spiro atoms. The van der Waals surface area contributed by atoms with Crippen molar-refractivity contribution in [2.24, 2.45) is 0 Å². The molecular formula is C17H16BrN3O. The lowest BCUT2D eigenvalue weighted by Crippen LogP contribution is -2.21. The second-order valence-electron chi connectivity index (χ2n) is 5.14. The van der Waals surface area contributed by atoms with Crippen LogP contribution < -0.4 is 5.32 Å². The molecule has 0 saturated carbocycles. The lowest BCUT2D eigenvalue weighted by molar-refractivity contribution is -0.119. The zero-order valence-electron chi connectivity index (χ0n) is 12.2. The third-order valence-electron chi connectivity index (χ3n) is 3.46. The lowest BCUT2D eigenvalue weighted by Gasteiger charge is -2.10. The number of carbonyl (C=O) groups excluding carboxylic acids is 1. The summed E-state index contributed by atoms with van der Waals surface area (Å²) in [7, 11) is 0. The van der Waals surface area contributed by atoms with E-state index in [-0.39, 0.29) is 5.91 Å². The number of fused-ring (bicyclic) bond motifs is 1. The van der Waals surface area contributed by atoms with Gasteiger partial charge in [-0.2, -0.15) is 0 Å². The molecule has 0 fully saturated rings. The summed E-state index contributed by atoms with van der Waals surface area (Å²) in [6, 6.07) is 16.2. The minimum atomic E-state index is -0.0546. The number of para-hydroxylation sites is 2. The van der Waals surface area contributed by atoms with Gasteiger partial charge in [0.2, 0.25) is 5.91 Å². The molecule has 112 valence electrons. The number of amides is 1. The first-order chi connectivity index (χ1) is 10.6. The summed E-state index contributed by atoms with van der Waals surface area (Å²) in [6.45, 7) is 2.66. The van der Waals surface area contributed by atoms with Crippen LogP contribution in [0.15, 0.2) is 53.0 Å². The summed E-state index contributed by atoms with van der Waals surface area (Å²) in [4.78, 5) is 15.8. The van der Waals surface area contributed by atoms with Gasteiger partial charge in [-0.1, -0.05) is 40.2 Å². The van der Waals surface area contributed by atoms with E-state index in [9.17, 15) is 4.79 Å². The van der Waals surface area contributed by atoms with Crippen LogP contribution in [0.1, 0.15) is 18.3 Å². The van der Waals surface area contributed by atoms with Crippen molar-refractivity contribution in [3.05, 3.63) is 64.4 Å². The normalized spacial score (nSPS) is 10.8. The highest BCUT2D eigenvalue weighted by Gasteiger charge is 2.11. The number of carbonyl (C=O) groups is 1. The molecular weight excluding hydrogens is 342 g/mol. The third-order valence-corrected chi connectivity index (χ3v) is 3.95. The van der Waals surface area contributed by atoms with Gasteiger partial charge in [0.25, 0.3) is 0 Å². The Bertz CT molecular complexity index is 826. The highest BCUT2D eigenvalue weighted by atomic mass is 79.9. The van der Waals surface area contributed by atoms with Crippen LogP contribution in [-0.4, -0.2) is 15.5 Å². The van der Waals surface area contributed by atoms with E-state index in [0.717, 1.165) is 27.9 Å². The molecule has 1 amide bonds. The molecule has 0 aliphatic carbocycles. The van der Waals surface area contributed by atoms with Crippen molar-refractivity contribution in [2.45, 2.75) is 20.0 Å². The molecule has 0 radical (unpaired) electrons. The number of nitrogens with one attached hydrogen (secondary N) is 1. The number of nitrogens with zero attached hydrogens (tertiary/aromatic N) is 2. The summed E-state index contributed by atoms with van der Waals surface area (Å²) in [6.07, 6.45) is 0. The van der Waals surface area contributed by atoms with Gasteiger partial charge in [-0.25, -0.2) is 4.98 Å². The second kappa shape index (κ2) is 6.32. The van der Waals surface area contributed by atoms with E-state index in [1.165, 1.54) is 12.5 Å². The first-order valence-electron chi connectivity index (χ1n) is 7.06. The molecule has 5 heteroatoms. The van der Waals surface area contributed by atoms with Gasteiger partial charge in [-0.15, -0.1) is 0 Å². The van der Waals surface area contributed by atoms with Gasteiger partial charge >= 0.3 is 0 Å². The molecule has 0 aliphatic rings. The molecule has 0 bridgehead atoms. The van der Waals surface area contributed by atoms with Crippen molar-refractivity contribution < 1.29 is 4.79 Å². The Morgan fingerprint density at radius 1 is 1.23 bits per heavy atom. The van der Waals surface area contributed by atoms with Gasteiger partial charge in [0.15, 0.2) is 0 Å². The van der Waals surface area contributed by atoms with Crippen LogP contribution in [0.3, 0.4) is 0 Å². The Kier molecular flexibility index (Phi) is 4.24. The topological polar surface area (TPSA) is 46.9 Å². The van der Waals surface area contributed by atoms with Gasteiger partial charge in [0.1, 0.15) is 5.82 Å². The van der Waals surface area contributed by atoms with Gasteiger partial charge < -0.3 is 9.88 Å². The first-order valence-corrected chi connectivity index (χ1v) is 7.86. The fraction of sp³-hybridized carbons (Fsp3) is 0.176. The van der Waals surface area contributed by atoms with E-state index in [2.05, 4.69) is 49.0 Å². The predicted octanol–water partition coefficient (Wildman–Crippen LogP) is 3.48. The van der Waals surface area contributed by atoms with Crippen molar-refractivity contribution in [1.82, 2.24) is 14.9 Å². The minimum absolute atomic E-state index is 0.0546. The zero-order chi connectivity index (χ0) is 15.5. The van der Waals surface area contributed by atoms with Crippen LogP contribution in [0.5, 0.6) is 0 Å². The number of benzene rings is 2. The van der Waals surface area contributed by atoms with Crippen LogP contribution in [0.2, 0.25) is 0 Å². The van der Waals surface area contributed by atoms with Crippen molar-refractivity contribution in [3.8, 4) is 0 Å². The SMILES string of the molecule is CC(=O)NCc1nc2ccccc2n1Cc1cccc(Br)c1. The quantitative estimate of drug-likeness (QED) is 0.776. The Morgan fingerprint density at radius 2 is 2.05 bits per heavy atom. The standard InChI is InChI=1S/C17H16BrN3O/c1-12(22)19-10-17-20-15-7-2-3-8-16(15)21(17)11-13-5-4-6-14(18)9-13/h2-9H,10-11H2,1H3,(H,19,22). The van der Waals surface area contributed by atoms with E-state index in [1.54, 1.807) is 0 Å². The van der Waals surface area contributed by atoms with Crippen LogP contribution in [-0.2, 0) is 17.9 Å². The molecule has 3 rings (SSSR count). The Labute approximate surface area is 137 Å². The largest absolute Gasteiger partial charge is 0.349 e. The molecule has 2 aromatic carbocycles. The third kappa shape index (κ3) is 3.20. The van der Waals surface area contributed by atoms with Gasteiger partial charge in [0.05, 0.1) is 17.6 Å². The lowest BCUT2D eigenvalue weighted by atomic mass is 10.2. The second-order valence-corrected chi connectivity index (χ2v) is 6.06. The van der Waals surface area contributed by atoms with Gasteiger partial charge in [-0.05, 0) is 29.8 Å². The molecule has 1 N–H and O–H groups in total. The average Bonchev–Trinajstić information content (AvgIpc) is 2.83. The maximum Gasteiger partial charge on any atom is 0.217 e. The zero-order valence-corrected chi connectivity index (χ0v) is 13.8. The number of aromatic nitrogens is 2. The number of imidazole rings is 1. The van der Waals surface area contributed by atoms with E-state index in [4.69, 9.17) is 0 Å². The molecule has 4 nitrogen and oxygen atoms in total.